The predicted octanol–water partition coefficient (Wildman–Crippen LogP) is 2.06. The average Bonchev–Trinajstić information content (AvgIpc) is 2.10. The lowest BCUT2D eigenvalue weighted by Crippen LogP contribution is -2.32. The molecular weight excluding hydrogens is 160 g/mol. The van der Waals surface area contributed by atoms with Gasteiger partial charge in [-0.15, -0.1) is 0 Å². The van der Waals surface area contributed by atoms with Crippen LogP contribution in [-0.4, -0.2) is 50.1 Å². The molecule has 80 valence electrons. The quantitative estimate of drug-likeness (QED) is 0.535. The van der Waals surface area contributed by atoms with E-state index in [0.29, 0.717) is 0 Å². The maximum Gasteiger partial charge on any atom is 0.0109 e. The van der Waals surface area contributed by atoms with Crippen LogP contribution in [-0.2, 0) is 0 Å². The molecule has 0 aliphatic carbocycles. The van der Waals surface area contributed by atoms with E-state index < -0.39 is 0 Å². The minimum Gasteiger partial charge on any atom is -0.308 e. The van der Waals surface area contributed by atoms with Gasteiger partial charge in [-0.3, -0.25) is 0 Å². The van der Waals surface area contributed by atoms with Gasteiger partial charge in [-0.2, -0.15) is 0 Å². The van der Waals surface area contributed by atoms with Gasteiger partial charge < -0.3 is 9.80 Å². The van der Waals surface area contributed by atoms with Crippen molar-refractivity contribution in [2.75, 3.05) is 40.3 Å². The van der Waals surface area contributed by atoms with E-state index in [0.717, 1.165) is 0 Å². The molecule has 0 aromatic heterocycles. The highest BCUT2D eigenvalue weighted by molar-refractivity contribution is 4.57. The van der Waals surface area contributed by atoms with Gasteiger partial charge >= 0.3 is 0 Å². The van der Waals surface area contributed by atoms with Crippen LogP contribution in [0.3, 0.4) is 0 Å². The number of nitrogens with zero attached hydrogens (tertiary/aromatic N) is 2. The maximum atomic E-state index is 2.54. The Hall–Kier alpha value is -0.0800. The van der Waals surface area contributed by atoms with Crippen molar-refractivity contribution < 1.29 is 0 Å². The Morgan fingerprint density at radius 2 is 1.54 bits per heavy atom. The largest absolute Gasteiger partial charge is 0.308 e. The number of rotatable bonds is 8. The first-order valence-corrected chi connectivity index (χ1v) is 5.57. The molecule has 0 fully saturated rings. The van der Waals surface area contributed by atoms with E-state index in [2.05, 4.69) is 37.7 Å². The summed E-state index contributed by atoms with van der Waals surface area (Å²) >= 11 is 0. The molecule has 0 aromatic carbocycles. The van der Waals surface area contributed by atoms with E-state index in [1.807, 2.05) is 0 Å². The smallest absolute Gasteiger partial charge is 0.0109 e. The van der Waals surface area contributed by atoms with Gasteiger partial charge in [-0.05, 0) is 33.6 Å². The van der Waals surface area contributed by atoms with E-state index in [1.54, 1.807) is 0 Å². The molecule has 2 heteroatoms. The molecule has 0 aliphatic rings. The summed E-state index contributed by atoms with van der Waals surface area (Å²) in [5, 5.41) is 0. The highest BCUT2D eigenvalue weighted by Gasteiger charge is 2.01. The maximum absolute atomic E-state index is 2.54. The first kappa shape index (κ1) is 12.9. The molecular formula is C11H26N2. The average molecular weight is 186 g/mol. The zero-order chi connectivity index (χ0) is 10.1. The topological polar surface area (TPSA) is 6.48 Å². The van der Waals surface area contributed by atoms with Crippen molar-refractivity contribution in [1.29, 1.82) is 0 Å². The van der Waals surface area contributed by atoms with Gasteiger partial charge in [0.05, 0.1) is 0 Å². The number of unbranched alkanes of at least 4 members (excludes halogenated alkanes) is 2. The fourth-order valence-electron chi connectivity index (χ4n) is 1.35. The Kier molecular flexibility index (Phi) is 8.46. The lowest BCUT2D eigenvalue weighted by molar-refractivity contribution is 0.247. The third-order valence-corrected chi connectivity index (χ3v) is 2.39. The summed E-state index contributed by atoms with van der Waals surface area (Å²) in [5.74, 6) is 0. The summed E-state index contributed by atoms with van der Waals surface area (Å²) in [6.45, 7) is 9.38. The fraction of sp³-hybridized carbons (Fsp3) is 1.00. The Bertz CT molecular complexity index is 102. The van der Waals surface area contributed by atoms with Crippen molar-refractivity contribution in [3.05, 3.63) is 0 Å². The molecule has 0 spiro atoms. The Balaban J connectivity index is 3.39. The molecule has 13 heavy (non-hydrogen) atoms. The summed E-state index contributed by atoms with van der Waals surface area (Å²) in [4.78, 5) is 4.79. The molecule has 0 heterocycles. The summed E-state index contributed by atoms with van der Waals surface area (Å²) in [7, 11) is 4.28. The molecule has 0 saturated heterocycles. The monoisotopic (exact) mass is 186 g/mol. The lowest BCUT2D eigenvalue weighted by Gasteiger charge is -2.22. The van der Waals surface area contributed by atoms with Crippen molar-refractivity contribution in [2.24, 2.45) is 0 Å². The summed E-state index contributed by atoms with van der Waals surface area (Å²) in [6.07, 6.45) is 4.06. The second kappa shape index (κ2) is 8.52. The van der Waals surface area contributed by atoms with Gasteiger partial charge in [-0.1, -0.05) is 26.7 Å². The van der Waals surface area contributed by atoms with Crippen molar-refractivity contribution in [3.8, 4) is 0 Å². The molecule has 0 radical (unpaired) electrons. The van der Waals surface area contributed by atoms with Crippen LogP contribution >= 0.6 is 0 Å². The zero-order valence-electron chi connectivity index (χ0n) is 9.84. The number of hydrogen-bond acceptors (Lipinski definition) is 2. The summed E-state index contributed by atoms with van der Waals surface area (Å²) in [5.41, 5.74) is 0. The standard InChI is InChI=1S/C11H26N2/c1-5-7-8-9-13(6-2)11-10-12(3)4/h5-11H2,1-4H3. The van der Waals surface area contributed by atoms with Crippen molar-refractivity contribution >= 4 is 0 Å². The van der Waals surface area contributed by atoms with Crippen molar-refractivity contribution in [1.82, 2.24) is 9.80 Å². The SMILES string of the molecule is CCCCCN(CC)CCN(C)C. The molecule has 0 unspecified atom stereocenters. The molecule has 0 rings (SSSR count). The second-order valence-corrected chi connectivity index (χ2v) is 3.94. The van der Waals surface area contributed by atoms with Crippen LogP contribution in [0, 0.1) is 0 Å². The first-order valence-electron chi connectivity index (χ1n) is 5.57. The lowest BCUT2D eigenvalue weighted by atomic mass is 10.2. The van der Waals surface area contributed by atoms with E-state index in [9.17, 15) is 0 Å². The minimum absolute atomic E-state index is 1.18. The number of likely N-dealkylation sites (N-methyl/N-ethyl adjacent to an activating group) is 2. The first-order chi connectivity index (χ1) is 6.20. The van der Waals surface area contributed by atoms with Gasteiger partial charge in [0.25, 0.3) is 0 Å². The summed E-state index contributed by atoms with van der Waals surface area (Å²) < 4.78 is 0. The Morgan fingerprint density at radius 1 is 0.846 bits per heavy atom. The minimum atomic E-state index is 1.18. The Labute approximate surface area is 83.9 Å². The molecule has 0 N–H and O–H groups in total. The van der Waals surface area contributed by atoms with E-state index in [1.165, 1.54) is 45.4 Å². The zero-order valence-corrected chi connectivity index (χ0v) is 9.84. The normalized spacial score (nSPS) is 11.5. The number of hydrogen-bond donors (Lipinski definition) is 0. The third kappa shape index (κ3) is 8.26. The molecule has 2 nitrogen and oxygen atoms in total. The second-order valence-electron chi connectivity index (χ2n) is 3.94. The molecule has 0 aromatic rings. The van der Waals surface area contributed by atoms with Gasteiger partial charge in [0.2, 0.25) is 0 Å². The molecule has 0 atom stereocenters. The van der Waals surface area contributed by atoms with Gasteiger partial charge in [0, 0.05) is 13.1 Å². The van der Waals surface area contributed by atoms with Gasteiger partial charge in [-0.25, -0.2) is 0 Å². The highest BCUT2D eigenvalue weighted by atomic mass is 15.2. The van der Waals surface area contributed by atoms with Crippen LogP contribution in [0.4, 0.5) is 0 Å². The molecule has 0 aliphatic heterocycles. The molecule has 0 amide bonds. The van der Waals surface area contributed by atoms with Gasteiger partial charge in [0.1, 0.15) is 0 Å². The molecule has 0 bridgehead atoms. The third-order valence-electron chi connectivity index (χ3n) is 2.39. The van der Waals surface area contributed by atoms with E-state index in [4.69, 9.17) is 0 Å². The van der Waals surface area contributed by atoms with Crippen molar-refractivity contribution in [3.63, 3.8) is 0 Å². The van der Waals surface area contributed by atoms with E-state index in [-0.39, 0.29) is 0 Å². The van der Waals surface area contributed by atoms with Crippen molar-refractivity contribution in [2.45, 2.75) is 33.1 Å². The summed E-state index contributed by atoms with van der Waals surface area (Å²) in [6, 6.07) is 0. The van der Waals surface area contributed by atoms with Crippen LogP contribution in [0.5, 0.6) is 0 Å². The van der Waals surface area contributed by atoms with Crippen LogP contribution in [0.1, 0.15) is 33.1 Å². The fourth-order valence-corrected chi connectivity index (χ4v) is 1.35. The van der Waals surface area contributed by atoms with Crippen LogP contribution < -0.4 is 0 Å². The predicted molar refractivity (Wildman–Crippen MR) is 60.2 cm³/mol. The van der Waals surface area contributed by atoms with E-state index >= 15 is 0 Å². The van der Waals surface area contributed by atoms with Crippen LogP contribution in [0.25, 0.3) is 0 Å². The van der Waals surface area contributed by atoms with Crippen LogP contribution in [0.2, 0.25) is 0 Å². The Morgan fingerprint density at radius 3 is 2.00 bits per heavy atom. The highest BCUT2D eigenvalue weighted by Crippen LogP contribution is 1.97. The van der Waals surface area contributed by atoms with Crippen LogP contribution in [0.15, 0.2) is 0 Å². The molecule has 0 saturated carbocycles. The van der Waals surface area contributed by atoms with Gasteiger partial charge in [0.15, 0.2) is 0 Å².